The van der Waals surface area contributed by atoms with Gasteiger partial charge in [-0.05, 0) is 147 Å². The first-order valence-electron chi connectivity index (χ1n) is 24.1. The van der Waals surface area contributed by atoms with Gasteiger partial charge in [0, 0.05) is 22.6 Å². The van der Waals surface area contributed by atoms with Crippen LogP contribution in [0.15, 0.2) is 200 Å². The maximum absolute atomic E-state index is 5.22. The van der Waals surface area contributed by atoms with Gasteiger partial charge in [0.05, 0.1) is 5.41 Å². The fourth-order valence-electron chi connectivity index (χ4n) is 14.3. The van der Waals surface area contributed by atoms with E-state index in [-0.39, 0.29) is 5.41 Å². The molecule has 0 saturated heterocycles. The van der Waals surface area contributed by atoms with E-state index in [9.17, 15) is 0 Å². The van der Waals surface area contributed by atoms with Crippen LogP contribution in [0.5, 0.6) is 0 Å². The number of benzene rings is 8. The lowest BCUT2D eigenvalue weighted by molar-refractivity contribution is -0.0612. The molecule has 0 N–H and O–H groups in total. The first kappa shape index (κ1) is 38.1. The molecule has 8 aromatic carbocycles. The molecule has 0 amide bonds. The molecule has 1 heterocycles. The molecule has 3 heteroatoms. The van der Waals surface area contributed by atoms with Crippen LogP contribution in [-0.4, -0.2) is 15.0 Å². The molecule has 0 radical (unpaired) electrons. The van der Waals surface area contributed by atoms with Crippen molar-refractivity contribution in [3.63, 3.8) is 0 Å². The molecule has 15 rings (SSSR count). The molecular weight excluding hydrogens is 799 g/mol. The van der Waals surface area contributed by atoms with Gasteiger partial charge in [-0.25, -0.2) is 15.0 Å². The van der Waals surface area contributed by atoms with E-state index in [4.69, 9.17) is 15.0 Å². The normalized spacial score (nSPS) is 22.4. The second kappa shape index (κ2) is 14.6. The van der Waals surface area contributed by atoms with Crippen molar-refractivity contribution in [2.24, 2.45) is 23.2 Å². The van der Waals surface area contributed by atoms with E-state index < -0.39 is 5.41 Å². The highest BCUT2D eigenvalue weighted by molar-refractivity contribution is 5.90. The van der Waals surface area contributed by atoms with Crippen LogP contribution in [0.4, 0.5) is 0 Å². The summed E-state index contributed by atoms with van der Waals surface area (Å²) >= 11 is 0. The van der Waals surface area contributed by atoms with Gasteiger partial charge in [0.15, 0.2) is 17.5 Å². The predicted molar refractivity (Wildman–Crippen MR) is 267 cm³/mol. The molecule has 3 nitrogen and oxygen atoms in total. The Kier molecular flexibility index (Phi) is 8.45. The van der Waals surface area contributed by atoms with E-state index in [2.05, 4.69) is 188 Å². The quantitative estimate of drug-likeness (QED) is 0.160. The fourth-order valence-corrected chi connectivity index (χ4v) is 14.3. The summed E-state index contributed by atoms with van der Waals surface area (Å²) < 4.78 is 0. The second-order valence-corrected chi connectivity index (χ2v) is 20.1. The number of fused-ring (bicyclic) bond motifs is 6. The molecule has 0 aliphatic heterocycles. The molecule has 6 aliphatic rings. The van der Waals surface area contributed by atoms with E-state index >= 15 is 0 Å². The Hall–Kier alpha value is -7.23. The average molecular weight is 848 g/mol. The van der Waals surface area contributed by atoms with Crippen LogP contribution in [0.25, 0.3) is 67.5 Å². The van der Waals surface area contributed by atoms with Crippen LogP contribution in [0.1, 0.15) is 77.8 Å². The Bertz CT molecular complexity index is 3210. The maximum atomic E-state index is 5.22. The third-order valence-corrected chi connectivity index (χ3v) is 16.5. The Labute approximate surface area is 387 Å². The number of nitrogens with zero attached hydrogens (tertiary/aromatic N) is 3. The van der Waals surface area contributed by atoms with E-state index in [1.165, 1.54) is 105 Å². The lowest BCUT2D eigenvalue weighted by atomic mass is 9.45. The van der Waals surface area contributed by atoms with Gasteiger partial charge in [0.1, 0.15) is 0 Å². The van der Waals surface area contributed by atoms with Gasteiger partial charge in [-0.3, -0.25) is 0 Å². The third kappa shape index (κ3) is 5.72. The third-order valence-electron chi connectivity index (χ3n) is 16.5. The molecule has 9 aromatic rings. The van der Waals surface area contributed by atoms with Gasteiger partial charge in [-0.2, -0.15) is 0 Å². The van der Waals surface area contributed by atoms with E-state index in [0.717, 1.165) is 40.3 Å². The Morgan fingerprint density at radius 3 is 1.29 bits per heavy atom. The van der Waals surface area contributed by atoms with Crippen LogP contribution in [0.2, 0.25) is 0 Å². The summed E-state index contributed by atoms with van der Waals surface area (Å²) in [4.78, 5) is 15.5. The van der Waals surface area contributed by atoms with E-state index in [1.807, 2.05) is 12.1 Å². The van der Waals surface area contributed by atoms with Crippen LogP contribution in [-0.2, 0) is 5.41 Å². The van der Waals surface area contributed by atoms with Gasteiger partial charge in [0.2, 0.25) is 0 Å². The van der Waals surface area contributed by atoms with Gasteiger partial charge in [0.25, 0.3) is 0 Å². The van der Waals surface area contributed by atoms with E-state index in [1.54, 1.807) is 0 Å². The molecule has 0 spiro atoms. The maximum Gasteiger partial charge on any atom is 0.164 e. The highest BCUT2D eigenvalue weighted by Gasteiger charge is 2.56. The summed E-state index contributed by atoms with van der Waals surface area (Å²) in [5.41, 5.74) is 19.1. The monoisotopic (exact) mass is 847 g/mol. The Balaban J connectivity index is 0.939. The van der Waals surface area contributed by atoms with Gasteiger partial charge in [-0.15, -0.1) is 0 Å². The SMILES string of the molecule is c1ccc(-c2nc(-c3ccccc3)nc(-c3ccc4c(c3)C(C35CC6CC(CC(C6)C3)C5)c3cc(-c5ccc6c(c5)C(c5ccccc5)(c5ccccc5)c5ccccc5-6)ccc3-4)n2)cc1. The zero-order valence-electron chi connectivity index (χ0n) is 36.9. The number of hydrogen-bond acceptors (Lipinski definition) is 3. The molecule has 1 aromatic heterocycles. The zero-order valence-corrected chi connectivity index (χ0v) is 36.9. The highest BCUT2D eigenvalue weighted by Crippen LogP contribution is 2.69. The highest BCUT2D eigenvalue weighted by atomic mass is 15.0. The lowest BCUT2D eigenvalue weighted by Gasteiger charge is -2.59. The molecule has 1 unspecified atom stereocenters. The minimum atomic E-state index is -0.439. The summed E-state index contributed by atoms with van der Waals surface area (Å²) in [6, 6.07) is 74.1. The first-order chi connectivity index (χ1) is 32.6. The summed E-state index contributed by atoms with van der Waals surface area (Å²) in [5, 5.41) is 0. The zero-order chi connectivity index (χ0) is 43.4. The van der Waals surface area contributed by atoms with Gasteiger partial charge in [-0.1, -0.05) is 182 Å². The van der Waals surface area contributed by atoms with Crippen molar-refractivity contribution in [3.8, 4) is 67.5 Å². The number of aromatic nitrogens is 3. The van der Waals surface area contributed by atoms with Crippen LogP contribution in [0.3, 0.4) is 0 Å². The summed E-state index contributed by atoms with van der Waals surface area (Å²) in [7, 11) is 0. The minimum absolute atomic E-state index is 0.241. The smallest absolute Gasteiger partial charge is 0.164 e. The molecule has 4 bridgehead atoms. The molecule has 4 saturated carbocycles. The first-order valence-corrected chi connectivity index (χ1v) is 24.1. The van der Waals surface area contributed by atoms with Crippen molar-refractivity contribution in [3.05, 3.63) is 234 Å². The Morgan fingerprint density at radius 1 is 0.333 bits per heavy atom. The van der Waals surface area contributed by atoms with Crippen molar-refractivity contribution in [1.82, 2.24) is 15.0 Å². The fraction of sp³-hybridized carbons (Fsp3) is 0.190. The standard InChI is InChI=1S/C63H49N3/c1-5-15-43(16-6-1)59-64-60(44-17-7-2-8-18-44)66-61(65-59)47-27-29-51-50-28-25-45(34-54(50)58(55(51)35-47)62-37-40-31-41(38-62)33-42(32-40)39-62)46-26-30-53-52-23-13-14-24-56(52)63(57(53)36-46,48-19-9-3-10-20-48)49-21-11-4-12-22-49/h1-30,34-36,40-42,58H,31-33,37-39H2. The number of hydrogen-bond donors (Lipinski definition) is 0. The molecular formula is C63H49N3. The van der Waals surface area contributed by atoms with Crippen LogP contribution < -0.4 is 0 Å². The predicted octanol–water partition coefficient (Wildman–Crippen LogP) is 15.2. The number of rotatable bonds is 7. The molecule has 316 valence electrons. The topological polar surface area (TPSA) is 38.7 Å². The van der Waals surface area contributed by atoms with Gasteiger partial charge >= 0.3 is 0 Å². The van der Waals surface area contributed by atoms with Crippen LogP contribution in [0, 0.1) is 23.2 Å². The second-order valence-electron chi connectivity index (χ2n) is 20.1. The summed E-state index contributed by atoms with van der Waals surface area (Å²) in [5.74, 6) is 4.95. The van der Waals surface area contributed by atoms with E-state index in [0.29, 0.717) is 17.6 Å². The average Bonchev–Trinajstić information content (AvgIpc) is 3.87. The van der Waals surface area contributed by atoms with Crippen molar-refractivity contribution < 1.29 is 0 Å². The van der Waals surface area contributed by atoms with Crippen LogP contribution >= 0.6 is 0 Å². The molecule has 6 aliphatic carbocycles. The van der Waals surface area contributed by atoms with Crippen molar-refractivity contribution >= 4 is 0 Å². The molecule has 1 atom stereocenters. The minimum Gasteiger partial charge on any atom is -0.208 e. The molecule has 4 fully saturated rings. The lowest BCUT2D eigenvalue weighted by Crippen LogP contribution is -2.48. The molecule has 66 heavy (non-hydrogen) atoms. The largest absolute Gasteiger partial charge is 0.208 e. The summed E-state index contributed by atoms with van der Waals surface area (Å²) in [6.45, 7) is 0. The van der Waals surface area contributed by atoms with Crippen molar-refractivity contribution in [1.29, 1.82) is 0 Å². The Morgan fingerprint density at radius 2 is 0.742 bits per heavy atom. The van der Waals surface area contributed by atoms with Crippen molar-refractivity contribution in [2.75, 3.05) is 0 Å². The van der Waals surface area contributed by atoms with Gasteiger partial charge < -0.3 is 0 Å². The van der Waals surface area contributed by atoms with Crippen molar-refractivity contribution in [2.45, 2.75) is 49.9 Å². The summed E-state index contributed by atoms with van der Waals surface area (Å²) in [6.07, 6.45) is 8.24.